The van der Waals surface area contributed by atoms with E-state index in [1.807, 2.05) is 0 Å². The number of hydrogen-bond donors (Lipinski definition) is 1. The number of morpholine rings is 1. The molecule has 1 N–H and O–H groups in total. The molecular formula is C19H24N4O4S. The maximum Gasteiger partial charge on any atom is 0.264 e. The third-order valence-electron chi connectivity index (χ3n) is 4.57. The topological polar surface area (TPSA) is 91.8 Å². The van der Waals surface area contributed by atoms with Crippen LogP contribution in [0.15, 0.2) is 53.7 Å². The van der Waals surface area contributed by atoms with Gasteiger partial charge in [0.2, 0.25) is 0 Å². The Balaban J connectivity index is 1.65. The number of rotatable bonds is 7. The van der Waals surface area contributed by atoms with Crippen LogP contribution in [0, 0.1) is 0 Å². The minimum absolute atomic E-state index is 0.179. The molecule has 1 fully saturated rings. The van der Waals surface area contributed by atoms with Gasteiger partial charge in [-0.25, -0.2) is 8.42 Å². The average molecular weight is 404 g/mol. The van der Waals surface area contributed by atoms with Gasteiger partial charge in [0.1, 0.15) is 0 Å². The lowest BCUT2D eigenvalue weighted by atomic mass is 10.2. The van der Waals surface area contributed by atoms with Gasteiger partial charge >= 0.3 is 0 Å². The predicted octanol–water partition coefficient (Wildman–Crippen LogP) is 0.969. The zero-order valence-electron chi connectivity index (χ0n) is 15.7. The van der Waals surface area contributed by atoms with Gasteiger partial charge in [0.05, 0.1) is 35.6 Å². The van der Waals surface area contributed by atoms with Gasteiger partial charge in [-0.15, -0.1) is 0 Å². The molecule has 1 aliphatic rings. The number of carbonyl (C=O) groups excluding carboxylic acids is 1. The van der Waals surface area contributed by atoms with E-state index < -0.39 is 10.0 Å². The van der Waals surface area contributed by atoms with E-state index in [0.717, 1.165) is 23.9 Å². The number of sulfonamides is 1. The van der Waals surface area contributed by atoms with Gasteiger partial charge in [-0.1, -0.05) is 18.2 Å². The molecule has 8 nitrogen and oxygen atoms in total. The summed E-state index contributed by atoms with van der Waals surface area (Å²) in [5.41, 5.74) is 0.638. The molecule has 2 heterocycles. The Labute approximate surface area is 165 Å². The zero-order valence-corrected chi connectivity index (χ0v) is 16.6. The van der Waals surface area contributed by atoms with Crippen LogP contribution in [0.5, 0.6) is 0 Å². The molecular weight excluding hydrogens is 380 g/mol. The van der Waals surface area contributed by atoms with Gasteiger partial charge in [-0.05, 0) is 18.2 Å². The second-order valence-electron chi connectivity index (χ2n) is 6.43. The Bertz CT molecular complexity index is 899. The summed E-state index contributed by atoms with van der Waals surface area (Å²) in [6.45, 7) is 4.38. The SMILES string of the molecule is CN(c1cncc(C(=O)NCCN2CCOCC2)c1)S(=O)(=O)c1ccccc1. The second kappa shape index (κ2) is 9.13. The number of carbonyl (C=O) groups is 1. The molecule has 0 saturated carbocycles. The van der Waals surface area contributed by atoms with Crippen LogP contribution in [0.2, 0.25) is 0 Å². The van der Waals surface area contributed by atoms with Gasteiger partial charge < -0.3 is 10.1 Å². The number of nitrogens with one attached hydrogen (secondary N) is 1. The minimum atomic E-state index is -3.72. The smallest absolute Gasteiger partial charge is 0.264 e. The summed E-state index contributed by atoms with van der Waals surface area (Å²) in [5, 5.41) is 2.85. The highest BCUT2D eigenvalue weighted by Gasteiger charge is 2.22. The van der Waals surface area contributed by atoms with E-state index in [1.165, 1.54) is 37.6 Å². The number of pyridine rings is 1. The first-order valence-corrected chi connectivity index (χ1v) is 10.5. The first-order chi connectivity index (χ1) is 13.5. The third-order valence-corrected chi connectivity index (χ3v) is 6.37. The normalized spacial score (nSPS) is 15.2. The van der Waals surface area contributed by atoms with Crippen molar-refractivity contribution in [2.24, 2.45) is 0 Å². The first kappa shape index (κ1) is 20.2. The summed E-state index contributed by atoms with van der Waals surface area (Å²) in [4.78, 5) is 18.9. The van der Waals surface area contributed by atoms with Gasteiger partial charge in [0, 0.05) is 39.4 Å². The largest absolute Gasteiger partial charge is 0.379 e. The molecule has 0 radical (unpaired) electrons. The molecule has 9 heteroatoms. The molecule has 1 saturated heterocycles. The first-order valence-electron chi connectivity index (χ1n) is 9.06. The predicted molar refractivity (Wildman–Crippen MR) is 106 cm³/mol. The van der Waals surface area contributed by atoms with Crippen molar-refractivity contribution in [3.8, 4) is 0 Å². The Morgan fingerprint density at radius 2 is 1.93 bits per heavy atom. The fourth-order valence-electron chi connectivity index (χ4n) is 2.87. The molecule has 1 aromatic carbocycles. The highest BCUT2D eigenvalue weighted by molar-refractivity contribution is 7.92. The molecule has 0 aliphatic carbocycles. The molecule has 1 aliphatic heterocycles. The number of aromatic nitrogens is 1. The molecule has 2 aromatic rings. The summed E-state index contributed by atoms with van der Waals surface area (Å²) in [5.74, 6) is -0.284. The quantitative estimate of drug-likeness (QED) is 0.739. The van der Waals surface area contributed by atoms with Crippen LogP contribution >= 0.6 is 0 Å². The van der Waals surface area contributed by atoms with Gasteiger partial charge in [-0.2, -0.15) is 0 Å². The molecule has 28 heavy (non-hydrogen) atoms. The Hall–Kier alpha value is -2.49. The number of amides is 1. The van der Waals surface area contributed by atoms with E-state index >= 15 is 0 Å². The maximum absolute atomic E-state index is 12.7. The van der Waals surface area contributed by atoms with Crippen molar-refractivity contribution < 1.29 is 17.9 Å². The van der Waals surface area contributed by atoms with Crippen LogP contribution in [-0.4, -0.2) is 70.6 Å². The Kier molecular flexibility index (Phi) is 6.61. The summed E-state index contributed by atoms with van der Waals surface area (Å²) < 4.78 is 31.9. The molecule has 0 spiro atoms. The number of anilines is 1. The molecule has 1 amide bonds. The van der Waals surface area contributed by atoms with E-state index in [0.29, 0.717) is 31.0 Å². The van der Waals surface area contributed by atoms with E-state index in [9.17, 15) is 13.2 Å². The van der Waals surface area contributed by atoms with E-state index in [2.05, 4.69) is 15.2 Å². The lowest BCUT2D eigenvalue weighted by Gasteiger charge is -2.26. The van der Waals surface area contributed by atoms with Gasteiger partial charge in [0.15, 0.2) is 0 Å². The standard InChI is InChI=1S/C19H24N4O4S/c1-22(28(25,26)18-5-3-2-4-6-18)17-13-16(14-20-15-17)19(24)21-7-8-23-9-11-27-12-10-23/h2-6,13-15H,7-12H2,1H3,(H,21,24). The van der Waals surface area contributed by atoms with E-state index in [1.54, 1.807) is 18.2 Å². The molecule has 3 rings (SSSR count). The average Bonchev–Trinajstić information content (AvgIpc) is 2.74. The molecule has 1 aromatic heterocycles. The summed E-state index contributed by atoms with van der Waals surface area (Å²) >= 11 is 0. The van der Waals surface area contributed by atoms with Gasteiger partial charge in [0.25, 0.3) is 15.9 Å². The maximum atomic E-state index is 12.7. The van der Waals surface area contributed by atoms with E-state index in [4.69, 9.17) is 4.74 Å². The third kappa shape index (κ3) is 4.86. The molecule has 0 atom stereocenters. The fourth-order valence-corrected chi connectivity index (χ4v) is 4.06. The van der Waals surface area contributed by atoms with Crippen molar-refractivity contribution in [2.75, 3.05) is 50.7 Å². The van der Waals surface area contributed by atoms with Crippen LogP contribution in [0.3, 0.4) is 0 Å². The van der Waals surface area contributed by atoms with Crippen molar-refractivity contribution in [1.82, 2.24) is 15.2 Å². The summed E-state index contributed by atoms with van der Waals surface area (Å²) in [6.07, 6.45) is 2.85. The van der Waals surface area contributed by atoms with Gasteiger partial charge in [-0.3, -0.25) is 19.0 Å². The van der Waals surface area contributed by atoms with Crippen molar-refractivity contribution in [1.29, 1.82) is 0 Å². The number of ether oxygens (including phenoxy) is 1. The fraction of sp³-hybridized carbons (Fsp3) is 0.368. The highest BCUT2D eigenvalue weighted by atomic mass is 32.2. The molecule has 150 valence electrons. The van der Waals surface area contributed by atoms with E-state index in [-0.39, 0.29) is 10.8 Å². The monoisotopic (exact) mass is 404 g/mol. The van der Waals surface area contributed by atoms with Crippen molar-refractivity contribution in [3.05, 3.63) is 54.4 Å². The van der Waals surface area contributed by atoms with Crippen molar-refractivity contribution in [3.63, 3.8) is 0 Å². The lowest BCUT2D eigenvalue weighted by Crippen LogP contribution is -2.41. The van der Waals surface area contributed by atoms with Crippen LogP contribution < -0.4 is 9.62 Å². The number of hydrogen-bond acceptors (Lipinski definition) is 6. The summed E-state index contributed by atoms with van der Waals surface area (Å²) in [7, 11) is -2.28. The van der Waals surface area contributed by atoms with Crippen molar-refractivity contribution >= 4 is 21.6 Å². The van der Waals surface area contributed by atoms with Crippen LogP contribution in [0.25, 0.3) is 0 Å². The van der Waals surface area contributed by atoms with Crippen LogP contribution in [0.4, 0.5) is 5.69 Å². The lowest BCUT2D eigenvalue weighted by molar-refractivity contribution is 0.0383. The highest BCUT2D eigenvalue weighted by Crippen LogP contribution is 2.21. The number of nitrogens with zero attached hydrogens (tertiary/aromatic N) is 3. The minimum Gasteiger partial charge on any atom is -0.379 e. The summed E-state index contributed by atoms with van der Waals surface area (Å²) in [6, 6.07) is 9.66. The van der Waals surface area contributed by atoms with Crippen molar-refractivity contribution in [2.45, 2.75) is 4.90 Å². The Morgan fingerprint density at radius 3 is 2.64 bits per heavy atom. The molecule has 0 bridgehead atoms. The zero-order chi connectivity index (χ0) is 20.0. The van der Waals surface area contributed by atoms with Crippen LogP contribution in [-0.2, 0) is 14.8 Å². The molecule has 0 unspecified atom stereocenters. The number of benzene rings is 1. The Morgan fingerprint density at radius 1 is 1.21 bits per heavy atom. The second-order valence-corrected chi connectivity index (χ2v) is 8.40. The van der Waals surface area contributed by atoms with Crippen LogP contribution in [0.1, 0.15) is 10.4 Å².